The van der Waals surface area contributed by atoms with Gasteiger partial charge >= 0.3 is 0 Å². The molecule has 2 aromatic carbocycles. The van der Waals surface area contributed by atoms with Crippen LogP contribution in [0, 0.1) is 5.92 Å². The Bertz CT molecular complexity index is 788. The van der Waals surface area contributed by atoms with Crippen molar-refractivity contribution in [3.8, 4) is 0 Å². The lowest BCUT2D eigenvalue weighted by Crippen LogP contribution is -2.40. The zero-order valence-corrected chi connectivity index (χ0v) is 19.3. The number of benzene rings is 2. The first-order valence-corrected chi connectivity index (χ1v) is 12.1. The van der Waals surface area contributed by atoms with Crippen LogP contribution in [0.4, 0.5) is 0 Å². The molecule has 156 valence electrons. The van der Waals surface area contributed by atoms with Crippen LogP contribution in [0.15, 0.2) is 42.5 Å². The Labute approximate surface area is 192 Å². The number of rotatable bonds is 8. The Morgan fingerprint density at radius 3 is 2.34 bits per heavy atom. The van der Waals surface area contributed by atoms with Crippen molar-refractivity contribution >= 4 is 52.5 Å². The molecule has 0 aromatic heterocycles. The van der Waals surface area contributed by atoms with Crippen LogP contribution in [-0.4, -0.2) is 36.2 Å². The minimum absolute atomic E-state index is 0.111. The molecular weight excluding hydrogens is 447 g/mol. The van der Waals surface area contributed by atoms with Gasteiger partial charge in [0.15, 0.2) is 0 Å². The van der Waals surface area contributed by atoms with E-state index in [-0.39, 0.29) is 11.8 Å². The molecule has 1 heterocycles. The van der Waals surface area contributed by atoms with E-state index in [2.05, 4.69) is 22.3 Å². The molecular formula is C22H25Cl3N2OS. The van der Waals surface area contributed by atoms with Gasteiger partial charge in [0, 0.05) is 45.6 Å². The summed E-state index contributed by atoms with van der Waals surface area (Å²) in [5.74, 6) is 1.87. The van der Waals surface area contributed by atoms with Gasteiger partial charge in [-0.15, -0.1) is 0 Å². The van der Waals surface area contributed by atoms with Crippen LogP contribution in [0.25, 0.3) is 0 Å². The van der Waals surface area contributed by atoms with E-state index in [1.54, 1.807) is 11.8 Å². The molecule has 3 rings (SSSR count). The summed E-state index contributed by atoms with van der Waals surface area (Å²) < 4.78 is 0. The minimum atomic E-state index is 0.111. The lowest BCUT2D eigenvalue weighted by Gasteiger charge is -2.31. The van der Waals surface area contributed by atoms with Crippen LogP contribution in [0.5, 0.6) is 0 Å². The summed E-state index contributed by atoms with van der Waals surface area (Å²) in [4.78, 5) is 14.8. The Balaban J connectivity index is 1.32. The summed E-state index contributed by atoms with van der Waals surface area (Å²) in [5, 5.41) is 5.23. The number of halogens is 3. The van der Waals surface area contributed by atoms with E-state index in [0.717, 1.165) is 54.6 Å². The predicted octanol–water partition coefficient (Wildman–Crippen LogP) is 5.91. The number of carbonyl (C=O) groups excluding carboxylic acids is 1. The van der Waals surface area contributed by atoms with Crippen LogP contribution in [0.2, 0.25) is 15.1 Å². The molecule has 1 N–H and O–H groups in total. The molecule has 1 fully saturated rings. The molecule has 0 unspecified atom stereocenters. The number of carbonyl (C=O) groups is 1. The zero-order valence-electron chi connectivity index (χ0n) is 16.2. The molecule has 0 saturated carbocycles. The molecule has 1 aliphatic rings. The normalized spacial score (nSPS) is 15.4. The number of hydrogen-bond acceptors (Lipinski definition) is 3. The highest BCUT2D eigenvalue weighted by Gasteiger charge is 2.24. The fourth-order valence-corrected chi connectivity index (χ4v) is 5.16. The second kappa shape index (κ2) is 11.5. The van der Waals surface area contributed by atoms with E-state index >= 15 is 0 Å². The van der Waals surface area contributed by atoms with E-state index < -0.39 is 0 Å². The Hall–Kier alpha value is -0.910. The smallest absolute Gasteiger partial charge is 0.223 e. The van der Waals surface area contributed by atoms with Crippen molar-refractivity contribution in [2.75, 3.05) is 25.4 Å². The quantitative estimate of drug-likeness (QED) is 0.486. The van der Waals surface area contributed by atoms with Crippen molar-refractivity contribution in [1.29, 1.82) is 0 Å². The van der Waals surface area contributed by atoms with Crippen molar-refractivity contribution < 1.29 is 4.79 Å². The van der Waals surface area contributed by atoms with E-state index in [4.69, 9.17) is 34.8 Å². The van der Waals surface area contributed by atoms with Crippen LogP contribution in [0.3, 0.4) is 0 Å². The molecule has 3 nitrogen and oxygen atoms in total. The van der Waals surface area contributed by atoms with Gasteiger partial charge in [0.2, 0.25) is 5.91 Å². The number of likely N-dealkylation sites (tertiary alicyclic amines) is 1. The molecule has 0 aliphatic carbocycles. The largest absolute Gasteiger partial charge is 0.355 e. The van der Waals surface area contributed by atoms with Crippen molar-refractivity contribution in [2.24, 2.45) is 5.92 Å². The molecule has 0 spiro atoms. The number of thioether (sulfide) groups is 1. The van der Waals surface area contributed by atoms with Crippen molar-refractivity contribution in [3.63, 3.8) is 0 Å². The minimum Gasteiger partial charge on any atom is -0.355 e. The van der Waals surface area contributed by atoms with Crippen LogP contribution in [0.1, 0.15) is 24.0 Å². The third kappa shape index (κ3) is 7.08. The average Bonchev–Trinajstić information content (AvgIpc) is 2.72. The molecule has 0 atom stereocenters. The highest BCUT2D eigenvalue weighted by molar-refractivity contribution is 7.98. The lowest BCUT2D eigenvalue weighted by molar-refractivity contribution is -0.126. The SMILES string of the molecule is O=C(NCCSCc1c(Cl)cccc1Cl)C1CCN(Cc2ccc(Cl)cc2)CC1. The molecule has 7 heteroatoms. The molecule has 1 aliphatic heterocycles. The number of hydrogen-bond donors (Lipinski definition) is 1. The number of nitrogens with one attached hydrogen (secondary N) is 1. The van der Waals surface area contributed by atoms with Gasteiger partial charge < -0.3 is 5.32 Å². The van der Waals surface area contributed by atoms with Gasteiger partial charge in [-0.05, 0) is 61.3 Å². The van der Waals surface area contributed by atoms with Gasteiger partial charge in [-0.25, -0.2) is 0 Å². The fourth-order valence-electron chi connectivity index (χ4n) is 3.44. The summed E-state index contributed by atoms with van der Waals surface area (Å²) >= 11 is 20.0. The monoisotopic (exact) mass is 470 g/mol. The van der Waals surface area contributed by atoms with E-state index in [1.807, 2.05) is 30.3 Å². The van der Waals surface area contributed by atoms with Crippen LogP contribution in [-0.2, 0) is 17.1 Å². The summed E-state index contributed by atoms with van der Waals surface area (Å²) in [6, 6.07) is 13.5. The maximum atomic E-state index is 12.4. The van der Waals surface area contributed by atoms with Crippen molar-refractivity contribution in [3.05, 3.63) is 68.7 Å². The summed E-state index contributed by atoms with van der Waals surface area (Å²) in [6.07, 6.45) is 1.81. The Morgan fingerprint density at radius 1 is 1.03 bits per heavy atom. The third-order valence-electron chi connectivity index (χ3n) is 5.13. The van der Waals surface area contributed by atoms with E-state index in [9.17, 15) is 4.79 Å². The van der Waals surface area contributed by atoms with Gasteiger partial charge in [0.05, 0.1) is 0 Å². The van der Waals surface area contributed by atoms with Crippen LogP contribution < -0.4 is 5.32 Å². The highest BCUT2D eigenvalue weighted by Crippen LogP contribution is 2.28. The first kappa shape index (κ1) is 22.8. The summed E-state index contributed by atoms with van der Waals surface area (Å²) in [5.41, 5.74) is 2.22. The van der Waals surface area contributed by atoms with Gasteiger partial charge in [0.1, 0.15) is 0 Å². The maximum Gasteiger partial charge on any atom is 0.223 e. The second-order valence-corrected chi connectivity index (χ2v) is 9.58. The molecule has 1 saturated heterocycles. The standard InChI is InChI=1S/C22H25Cl3N2OS/c23-18-6-4-16(5-7-18)14-27-11-8-17(9-12-27)22(28)26-10-13-29-15-19-20(24)2-1-3-21(19)25/h1-7,17H,8-15H2,(H,26,28). The van der Waals surface area contributed by atoms with Gasteiger partial charge in [-0.3, -0.25) is 9.69 Å². The van der Waals surface area contributed by atoms with Gasteiger partial charge in [-0.1, -0.05) is 53.0 Å². The Kier molecular flexibility index (Phi) is 9.01. The van der Waals surface area contributed by atoms with Gasteiger partial charge in [0.25, 0.3) is 0 Å². The van der Waals surface area contributed by atoms with Gasteiger partial charge in [-0.2, -0.15) is 11.8 Å². The molecule has 29 heavy (non-hydrogen) atoms. The molecule has 1 amide bonds. The lowest BCUT2D eigenvalue weighted by atomic mass is 9.95. The number of nitrogens with zero attached hydrogens (tertiary/aromatic N) is 1. The average molecular weight is 472 g/mol. The third-order valence-corrected chi connectivity index (χ3v) is 7.08. The van der Waals surface area contributed by atoms with Crippen molar-refractivity contribution in [2.45, 2.75) is 25.1 Å². The Morgan fingerprint density at radius 2 is 1.69 bits per heavy atom. The van der Waals surface area contributed by atoms with E-state index in [1.165, 1.54) is 5.56 Å². The van der Waals surface area contributed by atoms with Crippen LogP contribution >= 0.6 is 46.6 Å². The molecule has 0 bridgehead atoms. The predicted molar refractivity (Wildman–Crippen MR) is 125 cm³/mol. The first-order valence-electron chi connectivity index (χ1n) is 9.78. The van der Waals surface area contributed by atoms with E-state index in [0.29, 0.717) is 16.6 Å². The number of piperidine rings is 1. The zero-order chi connectivity index (χ0) is 20.6. The molecule has 2 aromatic rings. The van der Waals surface area contributed by atoms with Crippen molar-refractivity contribution in [1.82, 2.24) is 10.2 Å². The highest BCUT2D eigenvalue weighted by atomic mass is 35.5. The topological polar surface area (TPSA) is 32.3 Å². The summed E-state index contributed by atoms with van der Waals surface area (Å²) in [7, 11) is 0. The first-order chi connectivity index (χ1) is 14.0. The number of amides is 1. The fraction of sp³-hybridized carbons (Fsp3) is 0.409. The maximum absolute atomic E-state index is 12.4. The second-order valence-electron chi connectivity index (χ2n) is 7.22. The summed E-state index contributed by atoms with van der Waals surface area (Å²) in [6.45, 7) is 3.46. The molecule has 0 radical (unpaired) electrons.